The van der Waals surface area contributed by atoms with Crippen molar-refractivity contribution in [1.82, 2.24) is 0 Å². The Labute approximate surface area is 104 Å². The summed E-state index contributed by atoms with van der Waals surface area (Å²) in [6.07, 6.45) is 2.98. The largest absolute Gasteiger partial charge is 0.478 e. The van der Waals surface area contributed by atoms with Gasteiger partial charge in [-0.2, -0.15) is 0 Å². The molecular formula is C12H15NO3S. The third-order valence-electron chi connectivity index (χ3n) is 2.93. The Hall–Kier alpha value is -1.20. The molecule has 0 amide bonds. The van der Waals surface area contributed by atoms with Gasteiger partial charge in [0.05, 0.1) is 17.4 Å². The molecule has 92 valence electrons. The summed E-state index contributed by atoms with van der Waals surface area (Å²) in [5.41, 5.74) is 0.961. The van der Waals surface area contributed by atoms with E-state index in [1.165, 1.54) is 11.8 Å². The molecule has 1 aromatic carbocycles. The molecule has 0 saturated heterocycles. The summed E-state index contributed by atoms with van der Waals surface area (Å²) in [6, 6.07) is 5.60. The highest BCUT2D eigenvalue weighted by Gasteiger charge is 2.28. The highest BCUT2D eigenvalue weighted by molar-refractivity contribution is 7.98. The molecule has 2 rings (SSSR count). The SMILES string of the molecule is CSc1cccc(NC2CC(O)C2)c1C(=O)O. The zero-order valence-corrected chi connectivity index (χ0v) is 10.3. The maximum atomic E-state index is 11.3. The predicted molar refractivity (Wildman–Crippen MR) is 67.8 cm³/mol. The topological polar surface area (TPSA) is 69.6 Å². The first-order valence-electron chi connectivity index (χ1n) is 5.46. The summed E-state index contributed by atoms with van der Waals surface area (Å²) in [6.45, 7) is 0. The second-order valence-electron chi connectivity index (χ2n) is 4.15. The number of aromatic carboxylic acids is 1. The highest BCUT2D eigenvalue weighted by Crippen LogP contribution is 2.30. The number of thioether (sulfide) groups is 1. The van der Waals surface area contributed by atoms with Gasteiger partial charge in [-0.1, -0.05) is 6.07 Å². The Morgan fingerprint density at radius 1 is 1.47 bits per heavy atom. The number of carbonyl (C=O) groups is 1. The summed E-state index contributed by atoms with van der Waals surface area (Å²) in [4.78, 5) is 12.0. The van der Waals surface area contributed by atoms with Gasteiger partial charge in [0, 0.05) is 10.9 Å². The van der Waals surface area contributed by atoms with E-state index in [-0.39, 0.29) is 12.1 Å². The highest BCUT2D eigenvalue weighted by atomic mass is 32.2. The second-order valence-corrected chi connectivity index (χ2v) is 5.00. The Bertz CT molecular complexity index is 430. The lowest BCUT2D eigenvalue weighted by atomic mass is 9.89. The van der Waals surface area contributed by atoms with Crippen molar-refractivity contribution in [2.75, 3.05) is 11.6 Å². The third kappa shape index (κ3) is 2.56. The molecule has 1 aliphatic carbocycles. The minimum atomic E-state index is -0.919. The lowest BCUT2D eigenvalue weighted by molar-refractivity contribution is 0.0693. The van der Waals surface area contributed by atoms with Crippen molar-refractivity contribution >= 4 is 23.4 Å². The van der Waals surface area contributed by atoms with E-state index in [0.29, 0.717) is 24.1 Å². The summed E-state index contributed by atoms with van der Waals surface area (Å²) < 4.78 is 0. The molecule has 5 heteroatoms. The Morgan fingerprint density at radius 2 is 2.18 bits per heavy atom. The van der Waals surface area contributed by atoms with Crippen LogP contribution in [0.5, 0.6) is 0 Å². The Morgan fingerprint density at radius 3 is 2.71 bits per heavy atom. The fourth-order valence-corrected chi connectivity index (χ4v) is 2.58. The van der Waals surface area contributed by atoms with Gasteiger partial charge in [-0.3, -0.25) is 0 Å². The molecule has 17 heavy (non-hydrogen) atoms. The summed E-state index contributed by atoms with van der Waals surface area (Å²) >= 11 is 1.42. The molecule has 0 spiro atoms. The first-order chi connectivity index (χ1) is 8.11. The summed E-state index contributed by atoms with van der Waals surface area (Å²) in [7, 11) is 0. The van der Waals surface area contributed by atoms with Crippen LogP contribution in [-0.2, 0) is 0 Å². The molecule has 0 aliphatic heterocycles. The van der Waals surface area contributed by atoms with Crippen molar-refractivity contribution < 1.29 is 15.0 Å². The van der Waals surface area contributed by atoms with Gasteiger partial charge in [-0.25, -0.2) is 4.79 Å². The first-order valence-corrected chi connectivity index (χ1v) is 6.69. The fourth-order valence-electron chi connectivity index (χ4n) is 1.97. The monoisotopic (exact) mass is 253 g/mol. The maximum Gasteiger partial charge on any atom is 0.338 e. The van der Waals surface area contributed by atoms with E-state index in [1.807, 2.05) is 12.3 Å². The van der Waals surface area contributed by atoms with Gasteiger partial charge in [-0.05, 0) is 31.2 Å². The number of hydrogen-bond acceptors (Lipinski definition) is 4. The van der Waals surface area contributed by atoms with E-state index < -0.39 is 5.97 Å². The summed E-state index contributed by atoms with van der Waals surface area (Å²) in [5, 5.41) is 21.6. The second kappa shape index (κ2) is 4.98. The van der Waals surface area contributed by atoms with Crippen LogP contribution in [0, 0.1) is 0 Å². The van der Waals surface area contributed by atoms with E-state index >= 15 is 0 Å². The molecule has 0 heterocycles. The van der Waals surface area contributed by atoms with Crippen LogP contribution in [0.25, 0.3) is 0 Å². The van der Waals surface area contributed by atoms with Crippen molar-refractivity contribution in [3.05, 3.63) is 23.8 Å². The van der Waals surface area contributed by atoms with Crippen molar-refractivity contribution in [3.8, 4) is 0 Å². The number of rotatable bonds is 4. The van der Waals surface area contributed by atoms with E-state index in [2.05, 4.69) is 5.32 Å². The van der Waals surface area contributed by atoms with E-state index in [1.54, 1.807) is 12.1 Å². The van der Waals surface area contributed by atoms with Crippen LogP contribution in [0.3, 0.4) is 0 Å². The minimum absolute atomic E-state index is 0.181. The first kappa shape index (κ1) is 12.3. The van der Waals surface area contributed by atoms with Gasteiger partial charge in [0.15, 0.2) is 0 Å². The number of nitrogens with one attached hydrogen (secondary N) is 1. The molecule has 1 fully saturated rings. The van der Waals surface area contributed by atoms with E-state index in [0.717, 1.165) is 4.90 Å². The molecule has 1 saturated carbocycles. The lowest BCUT2D eigenvalue weighted by Crippen LogP contribution is -2.39. The Balaban J connectivity index is 2.23. The number of hydrogen-bond donors (Lipinski definition) is 3. The normalized spacial score (nSPS) is 22.9. The van der Waals surface area contributed by atoms with Crippen LogP contribution in [0.15, 0.2) is 23.1 Å². The molecule has 3 N–H and O–H groups in total. The molecule has 1 aliphatic rings. The predicted octanol–water partition coefficient (Wildman–Crippen LogP) is 2.04. The molecule has 0 atom stereocenters. The quantitative estimate of drug-likeness (QED) is 0.716. The molecule has 0 radical (unpaired) electrons. The van der Waals surface area contributed by atoms with Gasteiger partial charge in [-0.15, -0.1) is 11.8 Å². The zero-order valence-electron chi connectivity index (χ0n) is 9.51. The van der Waals surface area contributed by atoms with Crippen molar-refractivity contribution in [2.24, 2.45) is 0 Å². The number of aliphatic hydroxyl groups excluding tert-OH is 1. The van der Waals surface area contributed by atoms with Gasteiger partial charge in [0.25, 0.3) is 0 Å². The number of carboxylic acids is 1. The molecule has 4 nitrogen and oxygen atoms in total. The third-order valence-corrected chi connectivity index (χ3v) is 3.71. The Kier molecular flexibility index (Phi) is 3.59. The minimum Gasteiger partial charge on any atom is -0.478 e. The van der Waals surface area contributed by atoms with Crippen LogP contribution >= 0.6 is 11.8 Å². The molecule has 0 aromatic heterocycles. The molecule has 0 bridgehead atoms. The van der Waals surface area contributed by atoms with Gasteiger partial charge < -0.3 is 15.5 Å². The van der Waals surface area contributed by atoms with Crippen LogP contribution in [-0.4, -0.2) is 34.6 Å². The smallest absolute Gasteiger partial charge is 0.338 e. The maximum absolute atomic E-state index is 11.3. The van der Waals surface area contributed by atoms with Gasteiger partial charge in [0.2, 0.25) is 0 Å². The number of anilines is 1. The van der Waals surface area contributed by atoms with Gasteiger partial charge in [0.1, 0.15) is 0 Å². The van der Waals surface area contributed by atoms with E-state index in [9.17, 15) is 15.0 Å². The standard InChI is InChI=1S/C12H15NO3S/c1-17-10-4-2-3-9(11(10)12(15)16)13-7-5-8(14)6-7/h2-4,7-8,13-14H,5-6H2,1H3,(H,15,16). The zero-order chi connectivity index (χ0) is 12.4. The van der Waals surface area contributed by atoms with Crippen LogP contribution in [0.4, 0.5) is 5.69 Å². The van der Waals surface area contributed by atoms with Crippen LogP contribution in [0.2, 0.25) is 0 Å². The molecule has 1 aromatic rings. The number of benzene rings is 1. The fraction of sp³-hybridized carbons (Fsp3) is 0.417. The average Bonchev–Trinajstić information content (AvgIpc) is 2.26. The van der Waals surface area contributed by atoms with Crippen LogP contribution < -0.4 is 5.32 Å². The van der Waals surface area contributed by atoms with Gasteiger partial charge >= 0.3 is 5.97 Å². The van der Waals surface area contributed by atoms with Crippen molar-refractivity contribution in [3.63, 3.8) is 0 Å². The van der Waals surface area contributed by atoms with E-state index in [4.69, 9.17) is 0 Å². The summed E-state index contributed by atoms with van der Waals surface area (Å²) in [5.74, 6) is -0.919. The molecule has 0 unspecified atom stereocenters. The average molecular weight is 253 g/mol. The number of aliphatic hydroxyl groups is 1. The molecular weight excluding hydrogens is 238 g/mol. The lowest BCUT2D eigenvalue weighted by Gasteiger charge is -2.33. The van der Waals surface area contributed by atoms with Crippen molar-refractivity contribution in [2.45, 2.75) is 29.9 Å². The van der Waals surface area contributed by atoms with Crippen molar-refractivity contribution in [1.29, 1.82) is 0 Å². The van der Waals surface area contributed by atoms with Crippen LogP contribution in [0.1, 0.15) is 23.2 Å². The number of carboxylic acid groups (broad SMARTS) is 1.